The first-order chi connectivity index (χ1) is 9.38. The lowest BCUT2D eigenvalue weighted by Gasteiger charge is -2.11. The quantitative estimate of drug-likeness (QED) is 0.776. The van der Waals surface area contributed by atoms with Crippen molar-refractivity contribution in [3.8, 4) is 5.82 Å². The zero-order valence-corrected chi connectivity index (χ0v) is 10.9. The van der Waals surface area contributed by atoms with Crippen molar-refractivity contribution < 1.29 is 0 Å². The number of aromatic nitrogens is 3. The van der Waals surface area contributed by atoms with Gasteiger partial charge in [-0.3, -0.25) is 0 Å². The van der Waals surface area contributed by atoms with Gasteiger partial charge in [-0.1, -0.05) is 25.1 Å². The maximum Gasteiger partial charge on any atom is 0.158 e. The van der Waals surface area contributed by atoms with Crippen molar-refractivity contribution in [2.75, 3.05) is 6.54 Å². The summed E-state index contributed by atoms with van der Waals surface area (Å²) in [6.07, 6.45) is 3.69. The van der Waals surface area contributed by atoms with Crippen molar-refractivity contribution >= 4 is 10.9 Å². The summed E-state index contributed by atoms with van der Waals surface area (Å²) in [4.78, 5) is 4.73. The number of nitrogens with one attached hydrogen (secondary N) is 1. The summed E-state index contributed by atoms with van der Waals surface area (Å²) in [5.41, 5.74) is 2.15. The van der Waals surface area contributed by atoms with Crippen molar-refractivity contribution in [2.24, 2.45) is 0 Å². The second-order valence-electron chi connectivity index (χ2n) is 4.39. The molecule has 4 nitrogen and oxygen atoms in total. The highest BCUT2D eigenvalue weighted by Crippen LogP contribution is 2.19. The molecule has 3 aromatic rings. The van der Waals surface area contributed by atoms with Crippen LogP contribution in [0, 0.1) is 0 Å². The van der Waals surface area contributed by atoms with Gasteiger partial charge in [0.2, 0.25) is 0 Å². The minimum Gasteiger partial charge on any atom is -0.313 e. The van der Waals surface area contributed by atoms with Gasteiger partial charge in [-0.2, -0.15) is 5.10 Å². The number of benzene rings is 1. The van der Waals surface area contributed by atoms with E-state index in [4.69, 9.17) is 4.98 Å². The Morgan fingerprint density at radius 3 is 2.89 bits per heavy atom. The van der Waals surface area contributed by atoms with Gasteiger partial charge in [0.1, 0.15) is 0 Å². The molecule has 0 aliphatic rings. The summed E-state index contributed by atoms with van der Waals surface area (Å²) in [7, 11) is 0. The number of rotatable bonds is 4. The summed E-state index contributed by atoms with van der Waals surface area (Å²) in [5, 5.41) is 8.80. The van der Waals surface area contributed by atoms with Crippen molar-refractivity contribution in [1.82, 2.24) is 20.1 Å². The molecule has 0 fully saturated rings. The highest BCUT2D eigenvalue weighted by molar-refractivity contribution is 5.80. The highest BCUT2D eigenvalue weighted by Gasteiger charge is 2.08. The Bertz CT molecular complexity index is 674. The summed E-state index contributed by atoms with van der Waals surface area (Å²) >= 11 is 0. The number of hydrogen-bond acceptors (Lipinski definition) is 3. The Kier molecular flexibility index (Phi) is 3.25. The fraction of sp³-hybridized carbons (Fsp3) is 0.200. The van der Waals surface area contributed by atoms with E-state index in [2.05, 4.69) is 29.5 Å². The molecule has 3 rings (SSSR count). The smallest absolute Gasteiger partial charge is 0.158 e. The summed E-state index contributed by atoms with van der Waals surface area (Å²) in [5.74, 6) is 0.893. The van der Waals surface area contributed by atoms with Crippen LogP contribution in [0.2, 0.25) is 0 Å². The zero-order valence-electron chi connectivity index (χ0n) is 10.9. The molecule has 0 aliphatic carbocycles. The molecule has 2 heterocycles. The standard InChI is InChI=1S/C15H16N4/c1-2-16-11-13-10-12-6-3-4-7-14(12)18-15(13)19-9-5-8-17-19/h3-10,16H,2,11H2,1H3. The van der Waals surface area contributed by atoms with Gasteiger partial charge in [-0.05, 0) is 24.7 Å². The van der Waals surface area contributed by atoms with Crippen LogP contribution in [0.15, 0.2) is 48.8 Å². The first kappa shape index (κ1) is 11.9. The first-order valence-electron chi connectivity index (χ1n) is 6.48. The van der Waals surface area contributed by atoms with Crippen molar-refractivity contribution in [3.05, 3.63) is 54.4 Å². The maximum atomic E-state index is 4.73. The Morgan fingerprint density at radius 2 is 2.11 bits per heavy atom. The molecule has 1 N–H and O–H groups in total. The minimum absolute atomic E-state index is 0.795. The molecule has 4 heteroatoms. The van der Waals surface area contributed by atoms with Crippen LogP contribution in [0.4, 0.5) is 0 Å². The van der Waals surface area contributed by atoms with E-state index in [1.54, 1.807) is 6.20 Å². The van der Waals surface area contributed by atoms with Crippen LogP contribution in [0.3, 0.4) is 0 Å². The number of para-hydroxylation sites is 1. The predicted octanol–water partition coefficient (Wildman–Crippen LogP) is 2.53. The summed E-state index contributed by atoms with van der Waals surface area (Å²) < 4.78 is 1.82. The molecule has 96 valence electrons. The Morgan fingerprint density at radius 1 is 1.21 bits per heavy atom. The molecule has 0 spiro atoms. The Labute approximate surface area is 112 Å². The first-order valence-corrected chi connectivity index (χ1v) is 6.48. The number of pyridine rings is 1. The third-order valence-electron chi connectivity index (χ3n) is 3.07. The normalized spacial score (nSPS) is 11.0. The van der Waals surface area contributed by atoms with E-state index >= 15 is 0 Å². The third kappa shape index (κ3) is 2.35. The second-order valence-corrected chi connectivity index (χ2v) is 4.39. The average Bonchev–Trinajstić information content (AvgIpc) is 2.98. The molecular formula is C15H16N4. The number of nitrogens with zero attached hydrogens (tertiary/aromatic N) is 3. The fourth-order valence-corrected chi connectivity index (χ4v) is 2.13. The van der Waals surface area contributed by atoms with E-state index in [9.17, 15) is 0 Å². The molecule has 0 aliphatic heterocycles. The molecule has 0 radical (unpaired) electrons. The monoisotopic (exact) mass is 252 g/mol. The van der Waals surface area contributed by atoms with Crippen LogP contribution in [-0.2, 0) is 6.54 Å². The van der Waals surface area contributed by atoms with E-state index in [1.807, 2.05) is 35.1 Å². The molecule has 0 saturated heterocycles. The van der Waals surface area contributed by atoms with Gasteiger partial charge in [-0.15, -0.1) is 0 Å². The summed E-state index contributed by atoms with van der Waals surface area (Å²) in [6, 6.07) is 12.3. The van der Waals surface area contributed by atoms with Crippen molar-refractivity contribution in [3.63, 3.8) is 0 Å². The lowest BCUT2D eigenvalue weighted by molar-refractivity contribution is 0.712. The topological polar surface area (TPSA) is 42.7 Å². The Balaban J connectivity index is 2.15. The van der Waals surface area contributed by atoms with Gasteiger partial charge in [0, 0.05) is 29.9 Å². The van der Waals surface area contributed by atoms with Crippen LogP contribution in [0.5, 0.6) is 0 Å². The Hall–Kier alpha value is -2.20. The highest BCUT2D eigenvalue weighted by atomic mass is 15.3. The van der Waals surface area contributed by atoms with Gasteiger partial charge in [0.15, 0.2) is 5.82 Å². The van der Waals surface area contributed by atoms with E-state index in [1.165, 1.54) is 0 Å². The van der Waals surface area contributed by atoms with Crippen LogP contribution in [-0.4, -0.2) is 21.3 Å². The number of hydrogen-bond donors (Lipinski definition) is 1. The molecule has 1 aromatic carbocycles. The minimum atomic E-state index is 0.795. The van der Waals surface area contributed by atoms with Crippen LogP contribution >= 0.6 is 0 Å². The molecular weight excluding hydrogens is 236 g/mol. The van der Waals surface area contributed by atoms with E-state index in [-0.39, 0.29) is 0 Å². The number of fused-ring (bicyclic) bond motifs is 1. The van der Waals surface area contributed by atoms with Gasteiger partial charge >= 0.3 is 0 Å². The average molecular weight is 252 g/mol. The lowest BCUT2D eigenvalue weighted by atomic mass is 10.1. The molecule has 19 heavy (non-hydrogen) atoms. The van der Waals surface area contributed by atoms with Crippen molar-refractivity contribution in [2.45, 2.75) is 13.5 Å². The molecule has 0 amide bonds. The predicted molar refractivity (Wildman–Crippen MR) is 76.2 cm³/mol. The molecule has 0 atom stereocenters. The zero-order chi connectivity index (χ0) is 13.1. The maximum absolute atomic E-state index is 4.73. The van der Waals surface area contributed by atoms with Crippen LogP contribution < -0.4 is 5.32 Å². The van der Waals surface area contributed by atoms with Crippen LogP contribution in [0.25, 0.3) is 16.7 Å². The van der Waals surface area contributed by atoms with Crippen LogP contribution in [0.1, 0.15) is 12.5 Å². The van der Waals surface area contributed by atoms with E-state index in [0.29, 0.717) is 0 Å². The second kappa shape index (κ2) is 5.20. The lowest BCUT2D eigenvalue weighted by Crippen LogP contribution is -2.15. The molecule has 2 aromatic heterocycles. The molecule has 0 saturated carbocycles. The van der Waals surface area contributed by atoms with E-state index < -0.39 is 0 Å². The largest absolute Gasteiger partial charge is 0.313 e. The fourth-order valence-electron chi connectivity index (χ4n) is 2.13. The SMILES string of the molecule is CCNCc1cc2ccccc2nc1-n1cccn1. The molecule has 0 unspecified atom stereocenters. The van der Waals surface area contributed by atoms with Gasteiger partial charge in [0.25, 0.3) is 0 Å². The molecule has 0 bridgehead atoms. The third-order valence-corrected chi connectivity index (χ3v) is 3.07. The van der Waals surface area contributed by atoms with Gasteiger partial charge in [-0.25, -0.2) is 9.67 Å². The van der Waals surface area contributed by atoms with E-state index in [0.717, 1.165) is 35.4 Å². The summed E-state index contributed by atoms with van der Waals surface area (Å²) in [6.45, 7) is 3.83. The van der Waals surface area contributed by atoms with Gasteiger partial charge < -0.3 is 5.32 Å². The van der Waals surface area contributed by atoms with Gasteiger partial charge in [0.05, 0.1) is 5.52 Å². The van der Waals surface area contributed by atoms with Crippen molar-refractivity contribution in [1.29, 1.82) is 0 Å².